The molecule has 1 unspecified atom stereocenters. The first kappa shape index (κ1) is 14.0. The number of benzene rings is 1. The van der Waals surface area contributed by atoms with Gasteiger partial charge in [0.2, 0.25) is 0 Å². The zero-order valence-corrected chi connectivity index (χ0v) is 11.3. The summed E-state index contributed by atoms with van der Waals surface area (Å²) in [4.78, 5) is 16.9. The maximum absolute atomic E-state index is 12.8. The fourth-order valence-electron chi connectivity index (χ4n) is 2.87. The Kier molecular flexibility index (Phi) is 3.39. The highest BCUT2D eigenvalue weighted by molar-refractivity contribution is 6.06. The zero-order chi connectivity index (χ0) is 15.0. The van der Waals surface area contributed by atoms with E-state index >= 15 is 0 Å². The number of hydrogen-bond donors (Lipinski definition) is 1. The predicted molar refractivity (Wildman–Crippen MR) is 73.0 cm³/mol. The molecule has 1 atom stereocenters. The van der Waals surface area contributed by atoms with E-state index in [2.05, 4.69) is 4.98 Å². The van der Waals surface area contributed by atoms with E-state index in [0.29, 0.717) is 18.5 Å². The van der Waals surface area contributed by atoms with Crippen LogP contribution in [0.5, 0.6) is 0 Å². The number of aromatic amines is 1. The number of alkyl halides is 3. The SMILES string of the molecule is O=C(c1cccc2[nH]ccc12)N1CCCC(C(F)(F)F)C1. The summed E-state index contributed by atoms with van der Waals surface area (Å²) < 4.78 is 38.5. The fraction of sp³-hybridized carbons (Fsp3) is 0.400. The van der Waals surface area contributed by atoms with Crippen molar-refractivity contribution in [2.45, 2.75) is 19.0 Å². The van der Waals surface area contributed by atoms with Gasteiger partial charge in [-0.2, -0.15) is 13.2 Å². The number of hydrogen-bond acceptors (Lipinski definition) is 1. The molecule has 1 aliphatic rings. The molecule has 1 saturated heterocycles. The van der Waals surface area contributed by atoms with Crippen molar-refractivity contribution in [1.29, 1.82) is 0 Å². The monoisotopic (exact) mass is 296 g/mol. The van der Waals surface area contributed by atoms with Crippen molar-refractivity contribution in [2.75, 3.05) is 13.1 Å². The van der Waals surface area contributed by atoms with Crippen LogP contribution in [-0.2, 0) is 0 Å². The standard InChI is InChI=1S/C15H15F3N2O/c16-15(17,18)10-3-2-8-20(9-10)14(21)12-4-1-5-13-11(12)6-7-19-13/h1,4-7,10,19H,2-3,8-9H2. The fourth-order valence-corrected chi connectivity index (χ4v) is 2.87. The van der Waals surface area contributed by atoms with E-state index in [0.717, 1.165) is 10.9 Å². The normalized spacial score (nSPS) is 20.0. The molecule has 1 fully saturated rings. The minimum atomic E-state index is -4.24. The summed E-state index contributed by atoms with van der Waals surface area (Å²) in [5, 5.41) is 0.747. The quantitative estimate of drug-likeness (QED) is 0.858. The Morgan fingerprint density at radius 1 is 1.29 bits per heavy atom. The number of likely N-dealkylation sites (tertiary alicyclic amines) is 1. The molecule has 1 amide bonds. The molecule has 0 aliphatic carbocycles. The van der Waals surface area contributed by atoms with E-state index in [9.17, 15) is 18.0 Å². The Bertz CT molecular complexity index is 662. The molecule has 21 heavy (non-hydrogen) atoms. The number of rotatable bonds is 1. The molecule has 1 aromatic heterocycles. The van der Waals surface area contributed by atoms with Crippen LogP contribution in [0.4, 0.5) is 13.2 Å². The van der Waals surface area contributed by atoms with Crippen molar-refractivity contribution in [3.8, 4) is 0 Å². The summed E-state index contributed by atoms with van der Waals surface area (Å²) in [5.74, 6) is -1.74. The smallest absolute Gasteiger partial charge is 0.361 e. The van der Waals surface area contributed by atoms with E-state index in [1.54, 1.807) is 24.4 Å². The number of halogens is 3. The average molecular weight is 296 g/mol. The third-order valence-corrected chi connectivity index (χ3v) is 4.00. The maximum Gasteiger partial charge on any atom is 0.393 e. The Balaban J connectivity index is 1.86. The predicted octanol–water partition coefficient (Wildman–Crippen LogP) is 3.58. The molecule has 0 saturated carbocycles. The summed E-state index contributed by atoms with van der Waals surface area (Å²) in [5.41, 5.74) is 1.27. The summed E-state index contributed by atoms with van der Waals surface area (Å²) in [7, 11) is 0. The van der Waals surface area contributed by atoms with E-state index in [1.807, 2.05) is 6.07 Å². The van der Waals surface area contributed by atoms with Crippen LogP contribution in [0.15, 0.2) is 30.5 Å². The number of fused-ring (bicyclic) bond motifs is 1. The van der Waals surface area contributed by atoms with Crippen molar-refractivity contribution in [1.82, 2.24) is 9.88 Å². The van der Waals surface area contributed by atoms with Gasteiger partial charge in [-0.3, -0.25) is 4.79 Å². The second-order valence-electron chi connectivity index (χ2n) is 5.38. The molecular weight excluding hydrogens is 281 g/mol. The first-order valence-corrected chi connectivity index (χ1v) is 6.89. The van der Waals surface area contributed by atoms with Gasteiger partial charge < -0.3 is 9.88 Å². The second kappa shape index (κ2) is 5.09. The Morgan fingerprint density at radius 2 is 2.10 bits per heavy atom. The number of carbonyl (C=O) groups is 1. The molecule has 112 valence electrons. The number of piperidine rings is 1. The molecule has 0 bridgehead atoms. The summed E-state index contributed by atoms with van der Waals surface area (Å²) in [6, 6.07) is 7.00. The Morgan fingerprint density at radius 3 is 2.86 bits per heavy atom. The molecule has 0 spiro atoms. The number of amides is 1. The molecule has 0 radical (unpaired) electrons. The molecule has 3 rings (SSSR count). The van der Waals surface area contributed by atoms with Crippen LogP contribution in [0.2, 0.25) is 0 Å². The highest BCUT2D eigenvalue weighted by Gasteiger charge is 2.42. The lowest BCUT2D eigenvalue weighted by molar-refractivity contribution is -0.184. The summed E-state index contributed by atoms with van der Waals surface area (Å²) >= 11 is 0. The number of H-pyrrole nitrogens is 1. The minimum Gasteiger partial charge on any atom is -0.361 e. The van der Waals surface area contributed by atoms with E-state index in [-0.39, 0.29) is 18.9 Å². The largest absolute Gasteiger partial charge is 0.393 e. The average Bonchev–Trinajstić information content (AvgIpc) is 2.94. The van der Waals surface area contributed by atoms with Gasteiger partial charge in [-0.1, -0.05) is 6.07 Å². The van der Waals surface area contributed by atoms with Gasteiger partial charge in [0.1, 0.15) is 0 Å². The third-order valence-electron chi connectivity index (χ3n) is 4.00. The highest BCUT2D eigenvalue weighted by Crippen LogP contribution is 2.33. The van der Waals surface area contributed by atoms with E-state index in [1.165, 1.54) is 4.90 Å². The molecule has 1 aromatic carbocycles. The van der Waals surface area contributed by atoms with Crippen LogP contribution in [0, 0.1) is 5.92 Å². The minimum absolute atomic E-state index is 0.0988. The van der Waals surface area contributed by atoms with Crippen LogP contribution in [0.3, 0.4) is 0 Å². The van der Waals surface area contributed by atoms with Crippen LogP contribution in [-0.4, -0.2) is 35.1 Å². The summed E-state index contributed by atoms with van der Waals surface area (Å²) in [6.07, 6.45) is -2.03. The maximum atomic E-state index is 12.8. The van der Waals surface area contributed by atoms with Crippen LogP contribution >= 0.6 is 0 Å². The molecule has 6 heteroatoms. The van der Waals surface area contributed by atoms with Crippen molar-refractivity contribution in [2.24, 2.45) is 5.92 Å². The lowest BCUT2D eigenvalue weighted by Gasteiger charge is -2.33. The van der Waals surface area contributed by atoms with Gasteiger partial charge in [-0.15, -0.1) is 0 Å². The zero-order valence-electron chi connectivity index (χ0n) is 11.3. The molecule has 2 heterocycles. The number of nitrogens with zero attached hydrogens (tertiary/aromatic N) is 1. The topological polar surface area (TPSA) is 36.1 Å². The first-order valence-electron chi connectivity index (χ1n) is 6.89. The Hall–Kier alpha value is -1.98. The van der Waals surface area contributed by atoms with Crippen LogP contribution < -0.4 is 0 Å². The van der Waals surface area contributed by atoms with Gasteiger partial charge in [0.15, 0.2) is 0 Å². The van der Waals surface area contributed by atoms with Gasteiger partial charge in [0.05, 0.1) is 5.92 Å². The first-order chi connectivity index (χ1) is 9.97. The van der Waals surface area contributed by atoms with E-state index < -0.39 is 12.1 Å². The Labute approximate surface area is 119 Å². The number of carbonyl (C=O) groups excluding carboxylic acids is 1. The van der Waals surface area contributed by atoms with Crippen molar-refractivity contribution in [3.05, 3.63) is 36.0 Å². The lowest BCUT2D eigenvalue weighted by Crippen LogP contribution is -2.44. The second-order valence-corrected chi connectivity index (χ2v) is 5.38. The third kappa shape index (κ3) is 2.62. The van der Waals surface area contributed by atoms with Crippen molar-refractivity contribution >= 4 is 16.8 Å². The van der Waals surface area contributed by atoms with E-state index in [4.69, 9.17) is 0 Å². The molecule has 1 N–H and O–H groups in total. The van der Waals surface area contributed by atoms with Crippen LogP contribution in [0.25, 0.3) is 10.9 Å². The van der Waals surface area contributed by atoms with Gasteiger partial charge in [-0.05, 0) is 31.0 Å². The number of nitrogens with one attached hydrogen (secondary N) is 1. The molecule has 2 aromatic rings. The van der Waals surface area contributed by atoms with Gasteiger partial charge in [0.25, 0.3) is 5.91 Å². The molecule has 1 aliphatic heterocycles. The van der Waals surface area contributed by atoms with Gasteiger partial charge >= 0.3 is 6.18 Å². The summed E-state index contributed by atoms with van der Waals surface area (Å²) in [6.45, 7) is 0.134. The van der Waals surface area contributed by atoms with Gasteiger partial charge in [0, 0.05) is 35.8 Å². The van der Waals surface area contributed by atoms with Crippen molar-refractivity contribution in [3.63, 3.8) is 0 Å². The molecular formula is C15H15F3N2O. The highest BCUT2D eigenvalue weighted by atomic mass is 19.4. The van der Waals surface area contributed by atoms with Gasteiger partial charge in [-0.25, -0.2) is 0 Å². The number of aromatic nitrogens is 1. The van der Waals surface area contributed by atoms with Crippen molar-refractivity contribution < 1.29 is 18.0 Å². The lowest BCUT2D eigenvalue weighted by atomic mass is 9.96. The molecule has 3 nitrogen and oxygen atoms in total. The van der Waals surface area contributed by atoms with Crippen LogP contribution in [0.1, 0.15) is 23.2 Å².